The Morgan fingerprint density at radius 2 is 1.78 bits per heavy atom. The number of aromatic nitrogens is 4. The van der Waals surface area contributed by atoms with Crippen molar-refractivity contribution < 1.29 is 8.78 Å². The lowest BCUT2D eigenvalue weighted by Crippen LogP contribution is -2.04. The van der Waals surface area contributed by atoms with E-state index >= 15 is 0 Å². The molecule has 0 aliphatic heterocycles. The highest BCUT2D eigenvalue weighted by Gasteiger charge is 2.12. The van der Waals surface area contributed by atoms with Gasteiger partial charge in [-0.25, -0.2) is 13.8 Å². The lowest BCUT2D eigenvalue weighted by molar-refractivity contribution is 0.586. The van der Waals surface area contributed by atoms with Crippen molar-refractivity contribution in [1.29, 1.82) is 0 Å². The molecule has 136 valence electrons. The summed E-state index contributed by atoms with van der Waals surface area (Å²) in [5.74, 6) is -0.0518. The molecule has 0 spiro atoms. The van der Waals surface area contributed by atoms with E-state index in [2.05, 4.69) is 30.8 Å². The Morgan fingerprint density at radius 1 is 0.926 bits per heavy atom. The van der Waals surface area contributed by atoms with Crippen molar-refractivity contribution in [3.63, 3.8) is 0 Å². The molecule has 0 aliphatic carbocycles. The number of anilines is 4. The summed E-state index contributed by atoms with van der Waals surface area (Å²) in [6.07, 6.45) is 0. The molecule has 0 aliphatic rings. The number of hydrogen-bond acceptors (Lipinski definition) is 5. The maximum atomic E-state index is 14.0. The van der Waals surface area contributed by atoms with Gasteiger partial charge < -0.3 is 10.6 Å². The Labute approximate surface area is 153 Å². The summed E-state index contributed by atoms with van der Waals surface area (Å²) in [7, 11) is 0. The van der Waals surface area contributed by atoms with Gasteiger partial charge in [-0.1, -0.05) is 11.6 Å². The summed E-state index contributed by atoms with van der Waals surface area (Å²) in [4.78, 5) is 8.89. The van der Waals surface area contributed by atoms with Crippen LogP contribution in [0.1, 0.15) is 11.3 Å². The molecule has 0 fully saturated rings. The number of hydrogen-bond donors (Lipinski definition) is 3. The van der Waals surface area contributed by atoms with E-state index in [1.807, 2.05) is 38.1 Å². The maximum absolute atomic E-state index is 14.0. The Balaban J connectivity index is 1.78. The number of benzene rings is 2. The van der Waals surface area contributed by atoms with Crippen LogP contribution in [-0.4, -0.2) is 20.2 Å². The lowest BCUT2D eigenvalue weighted by atomic mass is 10.1. The van der Waals surface area contributed by atoms with E-state index < -0.39 is 11.6 Å². The third-order valence-electron chi connectivity index (χ3n) is 3.98. The zero-order chi connectivity index (χ0) is 19.0. The lowest BCUT2D eigenvalue weighted by Gasteiger charge is -2.11. The molecule has 27 heavy (non-hydrogen) atoms. The molecule has 0 amide bonds. The highest BCUT2D eigenvalue weighted by atomic mass is 19.1. The molecular weight excluding hydrogens is 350 g/mol. The van der Waals surface area contributed by atoms with Crippen LogP contribution in [-0.2, 0) is 0 Å². The van der Waals surface area contributed by atoms with Crippen LogP contribution in [0.3, 0.4) is 0 Å². The van der Waals surface area contributed by atoms with E-state index in [9.17, 15) is 8.78 Å². The van der Waals surface area contributed by atoms with Gasteiger partial charge in [0.05, 0.1) is 11.2 Å². The van der Waals surface area contributed by atoms with Crippen molar-refractivity contribution in [2.75, 3.05) is 10.6 Å². The van der Waals surface area contributed by atoms with E-state index in [0.29, 0.717) is 17.2 Å². The van der Waals surface area contributed by atoms with Gasteiger partial charge >= 0.3 is 0 Å². The molecule has 2 aromatic heterocycles. The molecule has 4 rings (SSSR count). The second-order valence-corrected chi connectivity index (χ2v) is 6.23. The summed E-state index contributed by atoms with van der Waals surface area (Å²) >= 11 is 0. The number of aryl methyl sites for hydroxylation is 2. The quantitative estimate of drug-likeness (QED) is 0.486. The first-order valence-corrected chi connectivity index (χ1v) is 8.27. The standard InChI is InChI=1S/C19H16F2N6/c1-10-3-5-15-13(7-10)18(24-17-8-11(2)26-27-17)25-19(22-15)23-16-6-4-12(20)9-14(16)21/h3-9H,1-2H3,(H3,22,23,24,25,26,27). The molecule has 4 aromatic rings. The van der Waals surface area contributed by atoms with Crippen LogP contribution >= 0.6 is 0 Å². The molecular formula is C19H16F2N6. The predicted octanol–water partition coefficient (Wildman–Crippen LogP) is 4.74. The molecule has 0 radical (unpaired) electrons. The average molecular weight is 366 g/mol. The molecule has 2 heterocycles. The molecule has 0 unspecified atom stereocenters. The van der Waals surface area contributed by atoms with Gasteiger partial charge in [0.1, 0.15) is 17.5 Å². The summed E-state index contributed by atoms with van der Waals surface area (Å²) in [6, 6.07) is 10.9. The van der Waals surface area contributed by atoms with Crippen LogP contribution in [0, 0.1) is 25.5 Å². The number of nitrogens with one attached hydrogen (secondary N) is 3. The third kappa shape index (κ3) is 3.55. The zero-order valence-electron chi connectivity index (χ0n) is 14.6. The molecule has 0 atom stereocenters. The van der Waals surface area contributed by atoms with Crippen molar-refractivity contribution in [2.24, 2.45) is 0 Å². The smallest absolute Gasteiger partial charge is 0.229 e. The highest BCUT2D eigenvalue weighted by Crippen LogP contribution is 2.27. The zero-order valence-corrected chi connectivity index (χ0v) is 14.6. The second-order valence-electron chi connectivity index (χ2n) is 6.23. The maximum Gasteiger partial charge on any atom is 0.229 e. The minimum atomic E-state index is -0.722. The van der Waals surface area contributed by atoms with Crippen LogP contribution < -0.4 is 10.6 Å². The number of rotatable bonds is 4. The van der Waals surface area contributed by atoms with Crippen LogP contribution in [0.25, 0.3) is 10.9 Å². The first-order valence-electron chi connectivity index (χ1n) is 8.27. The van der Waals surface area contributed by atoms with Gasteiger partial charge in [-0.15, -0.1) is 0 Å². The molecule has 8 heteroatoms. The van der Waals surface area contributed by atoms with Gasteiger partial charge in [0.15, 0.2) is 5.82 Å². The number of fused-ring (bicyclic) bond motifs is 1. The fourth-order valence-electron chi connectivity index (χ4n) is 2.71. The van der Waals surface area contributed by atoms with Crippen molar-refractivity contribution in [2.45, 2.75) is 13.8 Å². The van der Waals surface area contributed by atoms with Gasteiger partial charge in [0, 0.05) is 23.2 Å². The summed E-state index contributed by atoms with van der Waals surface area (Å²) in [6.45, 7) is 3.87. The van der Waals surface area contributed by atoms with E-state index in [1.165, 1.54) is 12.1 Å². The van der Waals surface area contributed by atoms with Crippen LogP contribution in [0.4, 0.5) is 32.1 Å². The molecule has 3 N–H and O–H groups in total. The predicted molar refractivity (Wildman–Crippen MR) is 101 cm³/mol. The minimum Gasteiger partial charge on any atom is -0.323 e. The topological polar surface area (TPSA) is 78.5 Å². The summed E-state index contributed by atoms with van der Waals surface area (Å²) < 4.78 is 27.1. The van der Waals surface area contributed by atoms with E-state index in [-0.39, 0.29) is 11.6 Å². The first-order chi connectivity index (χ1) is 13.0. The number of H-pyrrole nitrogens is 1. The number of halogens is 2. The van der Waals surface area contributed by atoms with Crippen molar-refractivity contribution in [3.05, 3.63) is 65.4 Å². The van der Waals surface area contributed by atoms with Crippen LogP contribution in [0.2, 0.25) is 0 Å². The van der Waals surface area contributed by atoms with Crippen LogP contribution in [0.15, 0.2) is 42.5 Å². The van der Waals surface area contributed by atoms with E-state index in [1.54, 1.807) is 0 Å². The normalized spacial score (nSPS) is 11.0. The Kier molecular flexibility index (Phi) is 4.15. The van der Waals surface area contributed by atoms with Gasteiger partial charge in [-0.05, 0) is 38.1 Å². The van der Waals surface area contributed by atoms with Gasteiger partial charge in [-0.3, -0.25) is 5.10 Å². The highest BCUT2D eigenvalue weighted by molar-refractivity contribution is 5.92. The summed E-state index contributed by atoms with van der Waals surface area (Å²) in [5, 5.41) is 13.8. The fraction of sp³-hybridized carbons (Fsp3) is 0.105. The molecule has 0 saturated carbocycles. The van der Waals surface area contributed by atoms with Gasteiger partial charge in [-0.2, -0.15) is 10.1 Å². The van der Waals surface area contributed by atoms with Crippen molar-refractivity contribution in [3.8, 4) is 0 Å². The molecule has 0 bridgehead atoms. The molecule has 0 saturated heterocycles. The monoisotopic (exact) mass is 366 g/mol. The first kappa shape index (κ1) is 16.9. The minimum absolute atomic E-state index is 0.0874. The fourth-order valence-corrected chi connectivity index (χ4v) is 2.71. The second kappa shape index (κ2) is 6.64. The summed E-state index contributed by atoms with van der Waals surface area (Å²) in [5.41, 5.74) is 2.72. The number of nitrogens with zero attached hydrogens (tertiary/aromatic N) is 3. The molecule has 6 nitrogen and oxygen atoms in total. The Bertz CT molecular complexity index is 1140. The SMILES string of the molecule is Cc1ccc2nc(Nc3ccc(F)cc3F)nc(Nc3cc(C)[nH]n3)c2c1. The van der Waals surface area contributed by atoms with Gasteiger partial charge in [0.2, 0.25) is 5.95 Å². The third-order valence-corrected chi connectivity index (χ3v) is 3.98. The Morgan fingerprint density at radius 3 is 2.52 bits per heavy atom. The van der Waals surface area contributed by atoms with E-state index in [0.717, 1.165) is 22.7 Å². The van der Waals surface area contributed by atoms with Crippen LogP contribution in [0.5, 0.6) is 0 Å². The van der Waals surface area contributed by atoms with Gasteiger partial charge in [0.25, 0.3) is 0 Å². The van der Waals surface area contributed by atoms with E-state index in [4.69, 9.17) is 0 Å². The average Bonchev–Trinajstić information content (AvgIpc) is 3.03. The largest absolute Gasteiger partial charge is 0.323 e. The Hall–Kier alpha value is -3.55. The number of aromatic amines is 1. The van der Waals surface area contributed by atoms with Crippen molar-refractivity contribution >= 4 is 34.2 Å². The van der Waals surface area contributed by atoms with Crippen molar-refractivity contribution in [1.82, 2.24) is 20.2 Å². The molecule has 2 aromatic carbocycles.